The number of carbonyl (C=O) groups is 1. The highest BCUT2D eigenvalue weighted by molar-refractivity contribution is 7.89. The van der Waals surface area contributed by atoms with Crippen LogP contribution in [0.5, 0.6) is 0 Å². The highest BCUT2D eigenvalue weighted by atomic mass is 35.5. The molecule has 0 radical (unpaired) electrons. The third-order valence-electron chi connectivity index (χ3n) is 7.67. The molecule has 7 nitrogen and oxygen atoms in total. The minimum Gasteiger partial charge on any atom is -0.370 e. The molecule has 1 unspecified atom stereocenters. The monoisotopic (exact) mass is 631 g/mol. The SMILES string of the molecule is CN(C)C(CCc1ccccc1)C1CCC(CNC(=O)COCCN(C)S(=O)(=O)c2c(Cl)cc(Cl)cc2Cl)CC1. The molecule has 2 aromatic carbocycles. The number of halogens is 3. The van der Waals surface area contributed by atoms with Gasteiger partial charge in [0.25, 0.3) is 0 Å². The molecule has 0 heterocycles. The van der Waals surface area contributed by atoms with Crippen molar-refractivity contribution in [3.8, 4) is 0 Å². The van der Waals surface area contributed by atoms with Crippen molar-refractivity contribution in [2.24, 2.45) is 11.8 Å². The van der Waals surface area contributed by atoms with Crippen LogP contribution in [0.3, 0.4) is 0 Å². The Labute approximate surface area is 254 Å². The number of carbonyl (C=O) groups excluding carboxylic acids is 1. The summed E-state index contributed by atoms with van der Waals surface area (Å²) in [6.07, 6.45) is 6.76. The van der Waals surface area contributed by atoms with E-state index >= 15 is 0 Å². The number of rotatable bonds is 14. The number of hydrogen-bond donors (Lipinski definition) is 1. The van der Waals surface area contributed by atoms with Gasteiger partial charge >= 0.3 is 0 Å². The highest BCUT2D eigenvalue weighted by Gasteiger charge is 2.29. The van der Waals surface area contributed by atoms with Gasteiger partial charge in [0, 0.05) is 31.2 Å². The van der Waals surface area contributed by atoms with Crippen LogP contribution in [0.25, 0.3) is 0 Å². The van der Waals surface area contributed by atoms with E-state index in [1.165, 1.54) is 24.7 Å². The summed E-state index contributed by atoms with van der Waals surface area (Å²) in [5, 5.41) is 3.12. The lowest BCUT2D eigenvalue weighted by Gasteiger charge is -2.37. The van der Waals surface area contributed by atoms with E-state index < -0.39 is 10.0 Å². The van der Waals surface area contributed by atoms with Gasteiger partial charge in [-0.25, -0.2) is 8.42 Å². The van der Waals surface area contributed by atoms with Crippen LogP contribution in [0.1, 0.15) is 37.7 Å². The van der Waals surface area contributed by atoms with E-state index in [1.807, 2.05) is 0 Å². The van der Waals surface area contributed by atoms with Crippen molar-refractivity contribution in [3.05, 3.63) is 63.1 Å². The molecule has 1 fully saturated rings. The molecule has 0 bridgehead atoms. The molecule has 0 spiro atoms. The van der Waals surface area contributed by atoms with Gasteiger partial charge < -0.3 is 15.0 Å². The first-order valence-electron chi connectivity index (χ1n) is 13.6. The predicted molar refractivity (Wildman–Crippen MR) is 163 cm³/mol. The Morgan fingerprint density at radius 2 is 1.65 bits per heavy atom. The topological polar surface area (TPSA) is 79.0 Å². The average molecular weight is 633 g/mol. The fourth-order valence-electron chi connectivity index (χ4n) is 5.37. The van der Waals surface area contributed by atoms with Gasteiger partial charge in [-0.1, -0.05) is 65.1 Å². The quantitative estimate of drug-likeness (QED) is 0.268. The second-order valence-corrected chi connectivity index (χ2v) is 14.0. The summed E-state index contributed by atoms with van der Waals surface area (Å²) in [5.41, 5.74) is 1.39. The number of aryl methyl sites for hydroxylation is 1. The molecule has 40 heavy (non-hydrogen) atoms. The van der Waals surface area contributed by atoms with Crippen LogP contribution in [0.15, 0.2) is 47.4 Å². The van der Waals surface area contributed by atoms with Crippen molar-refractivity contribution >= 4 is 50.7 Å². The van der Waals surface area contributed by atoms with Crippen molar-refractivity contribution in [1.29, 1.82) is 0 Å². The highest BCUT2D eigenvalue weighted by Crippen LogP contribution is 2.35. The number of amides is 1. The first-order valence-corrected chi connectivity index (χ1v) is 16.2. The van der Waals surface area contributed by atoms with Crippen molar-refractivity contribution in [3.63, 3.8) is 0 Å². The number of benzene rings is 2. The van der Waals surface area contributed by atoms with Gasteiger partial charge in [-0.15, -0.1) is 0 Å². The third kappa shape index (κ3) is 9.58. The molecule has 11 heteroatoms. The molecule has 0 aromatic heterocycles. The number of likely N-dealkylation sites (N-methyl/N-ethyl adjacent to an activating group) is 1. The number of hydrogen-bond acceptors (Lipinski definition) is 5. The van der Waals surface area contributed by atoms with E-state index in [-0.39, 0.29) is 45.6 Å². The molecule has 2 aromatic rings. The number of ether oxygens (including phenoxy) is 1. The van der Waals surface area contributed by atoms with Gasteiger partial charge in [-0.05, 0) is 82.2 Å². The van der Waals surface area contributed by atoms with E-state index in [4.69, 9.17) is 39.5 Å². The molecular weight excluding hydrogens is 593 g/mol. The van der Waals surface area contributed by atoms with E-state index in [0.717, 1.165) is 42.8 Å². The Morgan fingerprint density at radius 1 is 1.02 bits per heavy atom. The Kier molecular flexibility index (Phi) is 13.0. The number of nitrogens with one attached hydrogen (secondary N) is 1. The maximum absolute atomic E-state index is 12.9. The molecule has 0 aliphatic heterocycles. The molecule has 1 amide bonds. The molecule has 1 N–H and O–H groups in total. The van der Waals surface area contributed by atoms with Crippen LogP contribution in [0, 0.1) is 11.8 Å². The predicted octanol–water partition coefficient (Wildman–Crippen LogP) is 5.77. The first kappa shape index (κ1) is 33.1. The largest absolute Gasteiger partial charge is 0.370 e. The van der Waals surface area contributed by atoms with Gasteiger partial charge in [-0.3, -0.25) is 4.79 Å². The van der Waals surface area contributed by atoms with Crippen molar-refractivity contribution in [2.75, 3.05) is 47.4 Å². The van der Waals surface area contributed by atoms with Gasteiger partial charge in [0.1, 0.15) is 11.5 Å². The lowest BCUT2D eigenvalue weighted by molar-refractivity contribution is -0.126. The molecule has 1 saturated carbocycles. The molecule has 1 atom stereocenters. The fraction of sp³-hybridized carbons (Fsp3) is 0.552. The summed E-state index contributed by atoms with van der Waals surface area (Å²) in [6.45, 7) is 0.583. The summed E-state index contributed by atoms with van der Waals surface area (Å²) in [5.74, 6) is 0.924. The van der Waals surface area contributed by atoms with E-state index in [2.05, 4.69) is 54.6 Å². The molecule has 0 saturated heterocycles. The summed E-state index contributed by atoms with van der Waals surface area (Å²) >= 11 is 18.0. The normalized spacial score (nSPS) is 18.7. The fourth-order valence-corrected chi connectivity index (χ4v) is 8.01. The van der Waals surface area contributed by atoms with Gasteiger partial charge in [-0.2, -0.15) is 4.31 Å². The standard InChI is InChI=1S/C29H40Cl3N3O4S/c1-34(2)27(14-11-21-7-5-4-6-8-21)23-12-9-22(10-13-23)19-33-28(36)20-39-16-15-35(3)40(37,38)29-25(31)17-24(30)18-26(29)32/h4-8,17-18,22-23,27H,9-16,19-20H2,1-3H3,(H,33,36). The molecule has 1 aliphatic carbocycles. The second-order valence-electron chi connectivity index (χ2n) is 10.7. The van der Waals surface area contributed by atoms with Crippen molar-refractivity contribution < 1.29 is 17.9 Å². The Morgan fingerprint density at radius 3 is 2.25 bits per heavy atom. The summed E-state index contributed by atoms with van der Waals surface area (Å²) < 4.78 is 32.3. The summed E-state index contributed by atoms with van der Waals surface area (Å²) in [4.78, 5) is 14.5. The number of sulfonamides is 1. The smallest absolute Gasteiger partial charge is 0.246 e. The number of nitrogens with zero attached hydrogens (tertiary/aromatic N) is 2. The van der Waals surface area contributed by atoms with Crippen molar-refractivity contribution in [2.45, 2.75) is 49.5 Å². The zero-order valence-electron chi connectivity index (χ0n) is 23.4. The van der Waals surface area contributed by atoms with Crippen LogP contribution in [-0.4, -0.2) is 77.0 Å². The van der Waals surface area contributed by atoms with E-state index in [0.29, 0.717) is 24.4 Å². The molecular formula is C29H40Cl3N3O4S. The molecule has 1 aliphatic rings. The third-order valence-corrected chi connectivity index (χ3v) is 10.7. The molecule has 3 rings (SSSR count). The lowest BCUT2D eigenvalue weighted by atomic mass is 9.76. The van der Waals surface area contributed by atoms with Crippen LogP contribution in [0.4, 0.5) is 0 Å². The Bertz CT molecular complexity index is 1180. The van der Waals surface area contributed by atoms with Crippen LogP contribution < -0.4 is 5.32 Å². The Balaban J connectivity index is 1.35. The summed E-state index contributed by atoms with van der Waals surface area (Å²) in [7, 11) is 1.81. The summed E-state index contributed by atoms with van der Waals surface area (Å²) in [6, 6.07) is 13.9. The zero-order valence-corrected chi connectivity index (χ0v) is 26.5. The van der Waals surface area contributed by atoms with Crippen LogP contribution in [0.2, 0.25) is 15.1 Å². The van der Waals surface area contributed by atoms with Crippen LogP contribution in [-0.2, 0) is 26.0 Å². The average Bonchev–Trinajstić information content (AvgIpc) is 2.90. The minimum atomic E-state index is -3.95. The Hall–Kier alpha value is -1.39. The van der Waals surface area contributed by atoms with Gasteiger partial charge in [0.15, 0.2) is 0 Å². The van der Waals surface area contributed by atoms with E-state index in [1.54, 1.807) is 0 Å². The second kappa shape index (κ2) is 15.7. The van der Waals surface area contributed by atoms with Gasteiger partial charge in [0.2, 0.25) is 15.9 Å². The van der Waals surface area contributed by atoms with Gasteiger partial charge in [0.05, 0.1) is 16.7 Å². The van der Waals surface area contributed by atoms with Crippen molar-refractivity contribution in [1.82, 2.24) is 14.5 Å². The van der Waals surface area contributed by atoms with Crippen LogP contribution >= 0.6 is 34.8 Å². The maximum Gasteiger partial charge on any atom is 0.246 e. The first-order chi connectivity index (χ1) is 19.0. The zero-order chi connectivity index (χ0) is 29.3. The van der Waals surface area contributed by atoms with E-state index in [9.17, 15) is 13.2 Å². The lowest BCUT2D eigenvalue weighted by Crippen LogP contribution is -2.39. The molecule has 222 valence electrons. The maximum atomic E-state index is 12.9. The minimum absolute atomic E-state index is 0.0340.